The third kappa shape index (κ3) is 3.22. The maximum Gasteiger partial charge on any atom is 0.254 e. The second kappa shape index (κ2) is 6.41. The number of likely N-dealkylation sites (N-methyl/N-ethyl adjacent to an activating group) is 1. The van der Waals surface area contributed by atoms with Gasteiger partial charge in [-0.05, 0) is 25.6 Å². The van der Waals surface area contributed by atoms with Crippen molar-refractivity contribution >= 4 is 23.3 Å². The van der Waals surface area contributed by atoms with E-state index >= 15 is 0 Å². The number of anilines is 1. The third-order valence-electron chi connectivity index (χ3n) is 3.76. The molecule has 1 amide bonds. The van der Waals surface area contributed by atoms with Crippen LogP contribution in [0.3, 0.4) is 0 Å². The second-order valence-electron chi connectivity index (χ2n) is 5.04. The predicted molar refractivity (Wildman–Crippen MR) is 81.4 cm³/mol. The van der Waals surface area contributed by atoms with E-state index in [9.17, 15) is 4.79 Å². The van der Waals surface area contributed by atoms with Crippen LogP contribution in [0.1, 0.15) is 24.2 Å². The first-order chi connectivity index (χ1) is 9.55. The molecule has 6 heteroatoms. The van der Waals surface area contributed by atoms with Crippen molar-refractivity contribution in [2.45, 2.75) is 19.9 Å². The van der Waals surface area contributed by atoms with E-state index in [0.717, 1.165) is 26.2 Å². The molecule has 0 aromatic carbocycles. The normalized spacial score (nSPS) is 20.0. The Balaban J connectivity index is 2.14. The molecule has 0 aliphatic carbocycles. The van der Waals surface area contributed by atoms with Gasteiger partial charge in [-0.2, -0.15) is 0 Å². The molecule has 0 spiro atoms. The number of amides is 1. The Morgan fingerprint density at radius 2 is 2.25 bits per heavy atom. The minimum absolute atomic E-state index is 0.0217. The smallest absolute Gasteiger partial charge is 0.254 e. The number of nitrogens with one attached hydrogen (secondary N) is 1. The van der Waals surface area contributed by atoms with Crippen molar-refractivity contribution in [1.82, 2.24) is 14.8 Å². The van der Waals surface area contributed by atoms with E-state index in [1.807, 2.05) is 4.90 Å². The van der Waals surface area contributed by atoms with E-state index in [0.29, 0.717) is 22.6 Å². The summed E-state index contributed by atoms with van der Waals surface area (Å²) in [5.41, 5.74) is 0.589. The third-order valence-corrected chi connectivity index (χ3v) is 3.95. The molecule has 110 valence electrons. The van der Waals surface area contributed by atoms with Crippen molar-refractivity contribution in [1.29, 1.82) is 0 Å². The van der Waals surface area contributed by atoms with Gasteiger partial charge in [-0.25, -0.2) is 4.98 Å². The minimum Gasteiger partial charge on any atom is -0.373 e. The van der Waals surface area contributed by atoms with Gasteiger partial charge in [0.15, 0.2) is 0 Å². The summed E-state index contributed by atoms with van der Waals surface area (Å²) < 4.78 is 0. The summed E-state index contributed by atoms with van der Waals surface area (Å²) in [6, 6.07) is 3.76. The number of pyridine rings is 1. The maximum atomic E-state index is 12.6. The van der Waals surface area contributed by atoms with Crippen LogP contribution in [0.5, 0.6) is 0 Å². The highest BCUT2D eigenvalue weighted by Crippen LogP contribution is 2.18. The zero-order valence-electron chi connectivity index (χ0n) is 12.2. The topological polar surface area (TPSA) is 48.5 Å². The fourth-order valence-corrected chi connectivity index (χ4v) is 2.79. The summed E-state index contributed by atoms with van der Waals surface area (Å²) in [6.07, 6.45) is 0. The first-order valence-electron chi connectivity index (χ1n) is 6.93. The number of halogens is 1. The predicted octanol–water partition coefficient (Wildman–Crippen LogP) is 1.94. The molecule has 0 bridgehead atoms. The lowest BCUT2D eigenvalue weighted by Gasteiger charge is -2.39. The molecular weight excluding hydrogens is 276 g/mol. The molecule has 0 radical (unpaired) electrons. The van der Waals surface area contributed by atoms with Gasteiger partial charge in [0, 0.05) is 38.3 Å². The standard InChI is InChI=1S/C14H21ClN4O/c1-4-18-5-6-19(9-10(18)2)14(20)11-7-12(15)17-13(8-11)16-3/h7-8,10H,4-6,9H2,1-3H3,(H,16,17). The zero-order valence-corrected chi connectivity index (χ0v) is 12.9. The molecular formula is C14H21ClN4O. The molecule has 1 unspecified atom stereocenters. The van der Waals surface area contributed by atoms with Gasteiger partial charge in [0.2, 0.25) is 0 Å². The van der Waals surface area contributed by atoms with E-state index < -0.39 is 0 Å². The molecule has 1 aromatic heterocycles. The van der Waals surface area contributed by atoms with Gasteiger partial charge in [0.1, 0.15) is 11.0 Å². The van der Waals surface area contributed by atoms with Gasteiger partial charge in [0.25, 0.3) is 5.91 Å². The molecule has 1 aliphatic rings. The van der Waals surface area contributed by atoms with E-state index in [1.54, 1.807) is 19.2 Å². The highest BCUT2D eigenvalue weighted by atomic mass is 35.5. The second-order valence-corrected chi connectivity index (χ2v) is 5.43. The van der Waals surface area contributed by atoms with Crippen molar-refractivity contribution in [3.8, 4) is 0 Å². The van der Waals surface area contributed by atoms with Crippen molar-refractivity contribution in [3.63, 3.8) is 0 Å². The Kier molecular flexibility index (Phi) is 4.83. The number of piperazine rings is 1. The average Bonchev–Trinajstić information content (AvgIpc) is 2.45. The van der Waals surface area contributed by atoms with Gasteiger partial charge >= 0.3 is 0 Å². The van der Waals surface area contributed by atoms with Crippen molar-refractivity contribution in [3.05, 3.63) is 22.8 Å². The van der Waals surface area contributed by atoms with Crippen molar-refractivity contribution < 1.29 is 4.79 Å². The number of hydrogen-bond acceptors (Lipinski definition) is 4. The lowest BCUT2D eigenvalue weighted by molar-refractivity contribution is 0.0528. The summed E-state index contributed by atoms with van der Waals surface area (Å²) in [4.78, 5) is 20.9. The molecule has 0 saturated carbocycles. The van der Waals surface area contributed by atoms with Crippen LogP contribution in [0.25, 0.3) is 0 Å². The monoisotopic (exact) mass is 296 g/mol. The number of aromatic nitrogens is 1. The summed E-state index contributed by atoms with van der Waals surface area (Å²) in [7, 11) is 1.76. The Labute approximate surface area is 124 Å². The number of rotatable bonds is 3. The van der Waals surface area contributed by atoms with Gasteiger partial charge in [-0.3, -0.25) is 9.69 Å². The fraction of sp³-hybridized carbons (Fsp3) is 0.571. The van der Waals surface area contributed by atoms with E-state index in [1.165, 1.54) is 0 Å². The SMILES string of the molecule is CCN1CCN(C(=O)c2cc(Cl)nc(NC)c2)CC1C. The lowest BCUT2D eigenvalue weighted by atomic mass is 10.1. The fourth-order valence-electron chi connectivity index (χ4n) is 2.58. The van der Waals surface area contributed by atoms with Gasteiger partial charge in [0.05, 0.1) is 0 Å². The summed E-state index contributed by atoms with van der Waals surface area (Å²) >= 11 is 5.96. The van der Waals surface area contributed by atoms with E-state index in [2.05, 4.69) is 29.0 Å². The molecule has 2 rings (SSSR count). The van der Waals surface area contributed by atoms with Crippen LogP contribution in [0.4, 0.5) is 5.82 Å². The Morgan fingerprint density at radius 1 is 1.50 bits per heavy atom. The molecule has 1 N–H and O–H groups in total. The van der Waals surface area contributed by atoms with Crippen LogP contribution in [0, 0.1) is 0 Å². The van der Waals surface area contributed by atoms with Crippen LogP contribution in [-0.2, 0) is 0 Å². The van der Waals surface area contributed by atoms with E-state index in [-0.39, 0.29) is 5.91 Å². The Morgan fingerprint density at radius 3 is 2.85 bits per heavy atom. The average molecular weight is 297 g/mol. The van der Waals surface area contributed by atoms with Crippen LogP contribution >= 0.6 is 11.6 Å². The largest absolute Gasteiger partial charge is 0.373 e. The summed E-state index contributed by atoms with van der Waals surface area (Å²) in [5.74, 6) is 0.634. The van der Waals surface area contributed by atoms with Gasteiger partial charge < -0.3 is 10.2 Å². The van der Waals surface area contributed by atoms with Crippen LogP contribution in [0.2, 0.25) is 5.15 Å². The highest BCUT2D eigenvalue weighted by Gasteiger charge is 2.26. The molecule has 1 atom stereocenters. The number of carbonyl (C=O) groups is 1. The minimum atomic E-state index is 0.0217. The Hall–Kier alpha value is -1.33. The molecule has 1 aromatic rings. The molecule has 20 heavy (non-hydrogen) atoms. The molecule has 1 fully saturated rings. The van der Waals surface area contributed by atoms with Crippen molar-refractivity contribution in [2.24, 2.45) is 0 Å². The molecule has 5 nitrogen and oxygen atoms in total. The first kappa shape index (κ1) is 15.1. The van der Waals surface area contributed by atoms with E-state index in [4.69, 9.17) is 11.6 Å². The highest BCUT2D eigenvalue weighted by molar-refractivity contribution is 6.29. The molecule has 1 aliphatic heterocycles. The number of carbonyl (C=O) groups excluding carboxylic acids is 1. The molecule has 2 heterocycles. The van der Waals surface area contributed by atoms with Crippen LogP contribution in [0.15, 0.2) is 12.1 Å². The number of hydrogen-bond donors (Lipinski definition) is 1. The summed E-state index contributed by atoms with van der Waals surface area (Å²) in [6.45, 7) is 7.75. The van der Waals surface area contributed by atoms with Crippen molar-refractivity contribution in [2.75, 3.05) is 38.5 Å². The number of nitrogens with zero attached hydrogens (tertiary/aromatic N) is 3. The van der Waals surface area contributed by atoms with Gasteiger partial charge in [-0.1, -0.05) is 18.5 Å². The van der Waals surface area contributed by atoms with Crippen LogP contribution in [-0.4, -0.2) is 60.0 Å². The van der Waals surface area contributed by atoms with Crippen LogP contribution < -0.4 is 5.32 Å². The molecule has 1 saturated heterocycles. The van der Waals surface area contributed by atoms with Gasteiger partial charge in [-0.15, -0.1) is 0 Å². The zero-order chi connectivity index (χ0) is 14.7. The maximum absolute atomic E-state index is 12.6. The quantitative estimate of drug-likeness (QED) is 0.866. The summed E-state index contributed by atoms with van der Waals surface area (Å²) in [5, 5.41) is 3.25. The first-order valence-corrected chi connectivity index (χ1v) is 7.31. The Bertz CT molecular complexity index is 494. The lowest BCUT2D eigenvalue weighted by Crippen LogP contribution is -2.53.